The maximum Gasteiger partial charge on any atom is 0.279 e. The highest BCUT2D eigenvalue weighted by Gasteiger charge is 2.14. The molecular formula is C20H24N2O3S. The molecule has 6 heteroatoms. The lowest BCUT2D eigenvalue weighted by Crippen LogP contribution is -2.41. The molecule has 2 aromatic rings. The van der Waals surface area contributed by atoms with Crippen LogP contribution in [0.2, 0.25) is 0 Å². The van der Waals surface area contributed by atoms with Crippen LogP contribution >= 0.6 is 11.3 Å². The molecule has 0 unspecified atom stereocenters. The van der Waals surface area contributed by atoms with E-state index in [9.17, 15) is 14.4 Å². The van der Waals surface area contributed by atoms with Gasteiger partial charge in [-0.1, -0.05) is 19.1 Å². The van der Waals surface area contributed by atoms with Crippen molar-refractivity contribution in [1.29, 1.82) is 0 Å². The third kappa shape index (κ3) is 5.02. The van der Waals surface area contributed by atoms with Crippen molar-refractivity contribution in [3.63, 3.8) is 0 Å². The summed E-state index contributed by atoms with van der Waals surface area (Å²) in [4.78, 5) is 37.9. The Morgan fingerprint density at radius 2 is 1.65 bits per heavy atom. The van der Waals surface area contributed by atoms with Crippen LogP contribution < -0.4 is 10.9 Å². The van der Waals surface area contributed by atoms with Gasteiger partial charge in [-0.2, -0.15) is 0 Å². The molecule has 138 valence electrons. The molecule has 5 nitrogen and oxygen atoms in total. The predicted octanol–water partition coefficient (Wildman–Crippen LogP) is 3.66. The van der Waals surface area contributed by atoms with Gasteiger partial charge in [0.1, 0.15) is 0 Å². The van der Waals surface area contributed by atoms with Crippen molar-refractivity contribution in [1.82, 2.24) is 10.9 Å². The van der Waals surface area contributed by atoms with E-state index in [0.717, 1.165) is 28.0 Å². The second-order valence-electron chi connectivity index (χ2n) is 6.29. The van der Waals surface area contributed by atoms with Gasteiger partial charge in [0.05, 0.1) is 4.88 Å². The molecule has 0 aliphatic heterocycles. The Bertz CT molecular complexity index is 840. The van der Waals surface area contributed by atoms with E-state index >= 15 is 0 Å². The molecule has 1 heterocycles. The zero-order chi connectivity index (χ0) is 19.3. The summed E-state index contributed by atoms with van der Waals surface area (Å²) in [6, 6.07) is 7.32. The number of carbonyl (C=O) groups is 3. The number of aryl methyl sites for hydroxylation is 4. The van der Waals surface area contributed by atoms with Gasteiger partial charge in [0.25, 0.3) is 5.91 Å². The lowest BCUT2D eigenvalue weighted by Gasteiger charge is -2.07. The topological polar surface area (TPSA) is 75.3 Å². The van der Waals surface area contributed by atoms with Crippen LogP contribution in [0.3, 0.4) is 0 Å². The standard InChI is InChI=1S/C20H24N2O3S/c1-5-17-14(4)11-18(26-17)20(25)22-21-19(24)9-8-16(23)15-7-6-12(2)13(3)10-15/h6-7,10-11H,5,8-9H2,1-4H3,(H,21,24)(H,22,25). The van der Waals surface area contributed by atoms with E-state index in [1.165, 1.54) is 11.3 Å². The third-order valence-electron chi connectivity index (χ3n) is 4.29. The number of amides is 2. The average molecular weight is 372 g/mol. The van der Waals surface area contributed by atoms with Gasteiger partial charge >= 0.3 is 0 Å². The molecule has 1 aromatic carbocycles. The summed E-state index contributed by atoms with van der Waals surface area (Å²) >= 11 is 1.42. The second-order valence-corrected chi connectivity index (χ2v) is 7.43. The summed E-state index contributed by atoms with van der Waals surface area (Å²) < 4.78 is 0. The lowest BCUT2D eigenvalue weighted by molar-refractivity contribution is -0.121. The number of nitrogens with one attached hydrogen (secondary N) is 2. The Labute approximate surface area is 157 Å². The van der Waals surface area contributed by atoms with Gasteiger partial charge < -0.3 is 0 Å². The monoisotopic (exact) mass is 372 g/mol. The van der Waals surface area contributed by atoms with Crippen molar-refractivity contribution < 1.29 is 14.4 Å². The van der Waals surface area contributed by atoms with Crippen LogP contribution in [0.25, 0.3) is 0 Å². The molecule has 0 saturated heterocycles. The minimum absolute atomic E-state index is 0.0235. The molecule has 0 atom stereocenters. The Balaban J connectivity index is 1.81. The van der Waals surface area contributed by atoms with Crippen molar-refractivity contribution >= 4 is 28.9 Å². The number of rotatable bonds is 6. The Morgan fingerprint density at radius 3 is 2.27 bits per heavy atom. The number of ketones is 1. The maximum atomic E-state index is 12.2. The predicted molar refractivity (Wildman–Crippen MR) is 104 cm³/mol. The van der Waals surface area contributed by atoms with Gasteiger partial charge in [-0.25, -0.2) is 0 Å². The minimum Gasteiger partial charge on any atom is -0.294 e. The number of carbonyl (C=O) groups excluding carboxylic acids is 3. The Kier molecular flexibility index (Phi) is 6.69. The van der Waals surface area contributed by atoms with E-state index in [1.807, 2.05) is 45.9 Å². The Hall–Kier alpha value is -2.47. The fraction of sp³-hybridized carbons (Fsp3) is 0.350. The SMILES string of the molecule is CCc1sc(C(=O)NNC(=O)CCC(=O)c2ccc(C)c(C)c2)cc1C. The van der Waals surface area contributed by atoms with E-state index in [0.29, 0.717) is 10.4 Å². The summed E-state index contributed by atoms with van der Waals surface area (Å²) in [7, 11) is 0. The molecule has 0 aliphatic rings. The molecule has 2 rings (SSSR count). The van der Waals surface area contributed by atoms with Crippen molar-refractivity contribution in [2.45, 2.75) is 47.0 Å². The first-order valence-corrected chi connectivity index (χ1v) is 9.42. The van der Waals surface area contributed by atoms with Crippen LogP contribution in [-0.4, -0.2) is 17.6 Å². The summed E-state index contributed by atoms with van der Waals surface area (Å²) in [6.07, 6.45) is 0.995. The molecule has 0 saturated carbocycles. The highest BCUT2D eigenvalue weighted by molar-refractivity contribution is 7.14. The molecule has 0 spiro atoms. The lowest BCUT2D eigenvalue weighted by atomic mass is 10.0. The summed E-state index contributed by atoms with van der Waals surface area (Å²) in [5.41, 5.74) is 8.62. The van der Waals surface area contributed by atoms with Crippen molar-refractivity contribution in [2.24, 2.45) is 0 Å². The molecule has 0 fully saturated rings. The van der Waals surface area contributed by atoms with Gasteiger partial charge in [-0.05, 0) is 56.0 Å². The van der Waals surface area contributed by atoms with Crippen LogP contribution in [0.4, 0.5) is 0 Å². The van der Waals surface area contributed by atoms with Crippen molar-refractivity contribution in [2.75, 3.05) is 0 Å². The number of benzene rings is 1. The first kappa shape index (κ1) is 19.8. The fourth-order valence-corrected chi connectivity index (χ4v) is 3.53. The van der Waals surface area contributed by atoms with Crippen LogP contribution in [0.5, 0.6) is 0 Å². The third-order valence-corrected chi connectivity index (χ3v) is 5.67. The van der Waals surface area contributed by atoms with E-state index in [2.05, 4.69) is 10.9 Å². The van der Waals surface area contributed by atoms with E-state index in [4.69, 9.17) is 0 Å². The van der Waals surface area contributed by atoms with Crippen molar-refractivity contribution in [3.05, 3.63) is 56.3 Å². The largest absolute Gasteiger partial charge is 0.294 e. The summed E-state index contributed by atoms with van der Waals surface area (Å²) in [6.45, 7) is 7.93. The zero-order valence-corrected chi connectivity index (χ0v) is 16.4. The molecular weight excluding hydrogens is 348 g/mol. The normalized spacial score (nSPS) is 10.5. The summed E-state index contributed by atoms with van der Waals surface area (Å²) in [5.74, 6) is -0.817. The maximum absolute atomic E-state index is 12.2. The molecule has 26 heavy (non-hydrogen) atoms. The van der Waals surface area contributed by atoms with Crippen LogP contribution in [0, 0.1) is 20.8 Å². The zero-order valence-electron chi connectivity index (χ0n) is 15.6. The first-order chi connectivity index (χ1) is 12.3. The van der Waals surface area contributed by atoms with Gasteiger partial charge in [0, 0.05) is 23.3 Å². The summed E-state index contributed by atoms with van der Waals surface area (Å²) in [5, 5.41) is 0. The minimum atomic E-state index is -0.389. The highest BCUT2D eigenvalue weighted by Crippen LogP contribution is 2.22. The second kappa shape index (κ2) is 8.76. The van der Waals surface area contributed by atoms with Gasteiger partial charge in [-0.3, -0.25) is 25.2 Å². The average Bonchev–Trinajstić information content (AvgIpc) is 3.00. The number of hydrogen-bond acceptors (Lipinski definition) is 4. The molecule has 0 aliphatic carbocycles. The van der Waals surface area contributed by atoms with E-state index in [-0.39, 0.29) is 30.4 Å². The van der Waals surface area contributed by atoms with E-state index < -0.39 is 0 Å². The smallest absolute Gasteiger partial charge is 0.279 e. The van der Waals surface area contributed by atoms with Crippen molar-refractivity contribution in [3.8, 4) is 0 Å². The van der Waals surface area contributed by atoms with Gasteiger partial charge in [0.15, 0.2) is 5.78 Å². The van der Waals surface area contributed by atoms with Gasteiger partial charge in [0.2, 0.25) is 5.91 Å². The quantitative estimate of drug-likeness (QED) is 0.600. The van der Waals surface area contributed by atoms with Crippen LogP contribution in [-0.2, 0) is 11.2 Å². The highest BCUT2D eigenvalue weighted by atomic mass is 32.1. The first-order valence-electron chi connectivity index (χ1n) is 8.60. The molecule has 2 amide bonds. The Morgan fingerprint density at radius 1 is 0.923 bits per heavy atom. The fourth-order valence-electron chi connectivity index (χ4n) is 2.52. The molecule has 1 aromatic heterocycles. The molecule has 0 radical (unpaired) electrons. The number of hydrogen-bond donors (Lipinski definition) is 2. The molecule has 2 N–H and O–H groups in total. The number of thiophene rings is 1. The van der Waals surface area contributed by atoms with Gasteiger partial charge in [-0.15, -0.1) is 11.3 Å². The number of hydrazine groups is 1. The molecule has 0 bridgehead atoms. The van der Waals surface area contributed by atoms with Crippen LogP contribution in [0.1, 0.15) is 61.4 Å². The van der Waals surface area contributed by atoms with E-state index in [1.54, 1.807) is 6.07 Å². The number of Topliss-reactive ketones (excluding diaryl/α,β-unsaturated/α-hetero) is 1. The van der Waals surface area contributed by atoms with Crippen LogP contribution in [0.15, 0.2) is 24.3 Å².